The van der Waals surface area contributed by atoms with E-state index in [-0.39, 0.29) is 5.91 Å². The highest BCUT2D eigenvalue weighted by atomic mass is 79.9. The molecule has 1 aliphatic rings. The number of aryl methyl sites for hydroxylation is 1. The van der Waals surface area contributed by atoms with E-state index in [4.69, 9.17) is 4.74 Å². The van der Waals surface area contributed by atoms with Crippen LogP contribution < -0.4 is 15.0 Å². The number of carbonyl (C=O) groups excluding carboxylic acids is 1. The maximum absolute atomic E-state index is 12.1. The molecule has 0 radical (unpaired) electrons. The van der Waals surface area contributed by atoms with Gasteiger partial charge in [-0.15, -0.1) is 0 Å². The second-order valence-electron chi connectivity index (χ2n) is 6.16. The first kappa shape index (κ1) is 18.6. The van der Waals surface area contributed by atoms with Crippen molar-refractivity contribution in [1.29, 1.82) is 0 Å². The highest BCUT2D eigenvalue weighted by Crippen LogP contribution is 2.21. The number of piperidine rings is 1. The lowest BCUT2D eigenvalue weighted by Crippen LogP contribution is -2.30. The van der Waals surface area contributed by atoms with Crippen LogP contribution in [-0.4, -0.2) is 47.1 Å². The van der Waals surface area contributed by atoms with Gasteiger partial charge in [-0.05, 0) is 48.2 Å². The van der Waals surface area contributed by atoms with Gasteiger partial charge < -0.3 is 15.0 Å². The van der Waals surface area contributed by atoms with Crippen molar-refractivity contribution in [3.63, 3.8) is 0 Å². The maximum atomic E-state index is 12.1. The van der Waals surface area contributed by atoms with Crippen LogP contribution in [0.2, 0.25) is 0 Å². The van der Waals surface area contributed by atoms with Crippen LogP contribution in [0, 0.1) is 6.92 Å². The average molecular weight is 420 g/mol. The van der Waals surface area contributed by atoms with E-state index in [1.165, 1.54) is 25.5 Å². The lowest BCUT2D eigenvalue weighted by Gasteiger charge is -2.28. The molecule has 138 valence electrons. The molecule has 2 aromatic rings. The van der Waals surface area contributed by atoms with E-state index in [1.54, 1.807) is 12.3 Å². The van der Waals surface area contributed by atoms with Gasteiger partial charge in [0.2, 0.25) is 5.88 Å². The van der Waals surface area contributed by atoms with Gasteiger partial charge in [0.25, 0.3) is 5.91 Å². The molecule has 0 atom stereocenters. The second kappa shape index (κ2) is 8.93. The van der Waals surface area contributed by atoms with Gasteiger partial charge in [-0.3, -0.25) is 9.78 Å². The van der Waals surface area contributed by atoms with E-state index >= 15 is 0 Å². The Morgan fingerprint density at radius 3 is 2.81 bits per heavy atom. The number of nitrogens with zero attached hydrogens (tertiary/aromatic N) is 4. The molecule has 0 aliphatic carbocycles. The Balaban J connectivity index is 1.51. The quantitative estimate of drug-likeness (QED) is 0.724. The van der Waals surface area contributed by atoms with E-state index in [9.17, 15) is 4.79 Å². The number of halogens is 1. The first-order valence-corrected chi connectivity index (χ1v) is 9.53. The van der Waals surface area contributed by atoms with Crippen LogP contribution in [0.3, 0.4) is 0 Å². The standard InChI is InChI=1S/C18H22BrN5O2/c1-13-22-16(24-6-3-2-4-7-24)10-17(23-13)26-8-5-21-18(25)14-9-15(19)12-20-11-14/h9-12H,2-8H2,1H3,(H,21,25). The number of amides is 1. The minimum atomic E-state index is -0.185. The average Bonchev–Trinajstić information content (AvgIpc) is 2.65. The maximum Gasteiger partial charge on any atom is 0.253 e. The Labute approximate surface area is 161 Å². The van der Waals surface area contributed by atoms with Crippen LogP contribution in [-0.2, 0) is 0 Å². The molecule has 26 heavy (non-hydrogen) atoms. The van der Waals surface area contributed by atoms with Gasteiger partial charge in [0.05, 0.1) is 12.1 Å². The highest BCUT2D eigenvalue weighted by molar-refractivity contribution is 9.10. The van der Waals surface area contributed by atoms with Crippen LogP contribution >= 0.6 is 15.9 Å². The molecule has 1 amide bonds. The third-order valence-electron chi connectivity index (χ3n) is 4.09. The Kier molecular flexibility index (Phi) is 6.38. The van der Waals surface area contributed by atoms with Crippen LogP contribution in [0.25, 0.3) is 0 Å². The Bertz CT molecular complexity index is 765. The number of ether oxygens (including phenoxy) is 1. The van der Waals surface area contributed by atoms with E-state index in [0.717, 1.165) is 23.4 Å². The lowest BCUT2D eigenvalue weighted by atomic mass is 10.1. The molecule has 1 saturated heterocycles. The fourth-order valence-electron chi connectivity index (χ4n) is 2.84. The summed E-state index contributed by atoms with van der Waals surface area (Å²) < 4.78 is 6.48. The summed E-state index contributed by atoms with van der Waals surface area (Å²) in [5.74, 6) is 1.95. The van der Waals surface area contributed by atoms with Gasteiger partial charge in [0.1, 0.15) is 18.2 Å². The summed E-state index contributed by atoms with van der Waals surface area (Å²) in [5, 5.41) is 2.81. The predicted molar refractivity (Wildman–Crippen MR) is 103 cm³/mol. The summed E-state index contributed by atoms with van der Waals surface area (Å²) in [6, 6.07) is 3.60. The zero-order valence-corrected chi connectivity index (χ0v) is 16.3. The van der Waals surface area contributed by atoms with E-state index in [1.807, 2.05) is 13.0 Å². The van der Waals surface area contributed by atoms with E-state index in [0.29, 0.717) is 30.4 Å². The van der Waals surface area contributed by atoms with Gasteiger partial charge in [0.15, 0.2) is 0 Å². The molecular weight excluding hydrogens is 398 g/mol. The smallest absolute Gasteiger partial charge is 0.253 e. The van der Waals surface area contributed by atoms with Crippen molar-refractivity contribution in [2.75, 3.05) is 31.1 Å². The number of pyridine rings is 1. The molecule has 3 heterocycles. The van der Waals surface area contributed by atoms with E-state index in [2.05, 4.69) is 41.1 Å². The third-order valence-corrected chi connectivity index (χ3v) is 4.52. The van der Waals surface area contributed by atoms with Crippen molar-refractivity contribution in [3.05, 3.63) is 40.4 Å². The van der Waals surface area contributed by atoms with Crippen LogP contribution in [0.4, 0.5) is 5.82 Å². The molecule has 0 aromatic carbocycles. The normalized spacial score (nSPS) is 14.2. The number of aromatic nitrogens is 3. The minimum absolute atomic E-state index is 0.185. The van der Waals surface area contributed by atoms with Gasteiger partial charge in [-0.2, -0.15) is 4.98 Å². The number of hydrogen-bond acceptors (Lipinski definition) is 6. The molecule has 0 spiro atoms. The minimum Gasteiger partial charge on any atom is -0.476 e. The number of anilines is 1. The molecule has 8 heteroatoms. The highest BCUT2D eigenvalue weighted by Gasteiger charge is 2.14. The van der Waals surface area contributed by atoms with Gasteiger partial charge in [-0.1, -0.05) is 0 Å². The summed E-state index contributed by atoms with van der Waals surface area (Å²) in [5.41, 5.74) is 0.504. The predicted octanol–water partition coefficient (Wildman–Crippen LogP) is 2.74. The molecule has 1 fully saturated rings. The molecule has 0 unspecified atom stereocenters. The molecule has 0 bridgehead atoms. The fourth-order valence-corrected chi connectivity index (χ4v) is 3.21. The molecule has 0 saturated carbocycles. The van der Waals surface area contributed by atoms with Crippen molar-refractivity contribution < 1.29 is 9.53 Å². The van der Waals surface area contributed by atoms with Crippen LogP contribution in [0.15, 0.2) is 29.0 Å². The molecule has 1 N–H and O–H groups in total. The summed E-state index contributed by atoms with van der Waals surface area (Å²) in [4.78, 5) is 27.2. The molecule has 2 aromatic heterocycles. The fraction of sp³-hybridized carbons (Fsp3) is 0.444. The number of carbonyl (C=O) groups is 1. The molecule has 7 nitrogen and oxygen atoms in total. The van der Waals surface area contributed by atoms with E-state index < -0.39 is 0 Å². The van der Waals surface area contributed by atoms with Gasteiger partial charge >= 0.3 is 0 Å². The van der Waals surface area contributed by atoms with Crippen molar-refractivity contribution in [3.8, 4) is 5.88 Å². The third kappa shape index (κ3) is 5.14. The Morgan fingerprint density at radius 2 is 2.04 bits per heavy atom. The summed E-state index contributed by atoms with van der Waals surface area (Å²) >= 11 is 3.30. The zero-order chi connectivity index (χ0) is 18.4. The molecule has 3 rings (SSSR count). The zero-order valence-electron chi connectivity index (χ0n) is 14.7. The van der Waals surface area contributed by atoms with Crippen molar-refractivity contribution in [1.82, 2.24) is 20.3 Å². The molecule has 1 aliphatic heterocycles. The SMILES string of the molecule is Cc1nc(OCCNC(=O)c2cncc(Br)c2)cc(N2CCCCC2)n1. The number of nitrogens with one attached hydrogen (secondary N) is 1. The number of hydrogen-bond donors (Lipinski definition) is 1. The number of rotatable bonds is 6. The molecular formula is C18H22BrN5O2. The second-order valence-corrected chi connectivity index (χ2v) is 7.07. The Morgan fingerprint density at radius 1 is 1.23 bits per heavy atom. The van der Waals surface area contributed by atoms with Gasteiger partial charge in [-0.25, -0.2) is 4.98 Å². The van der Waals surface area contributed by atoms with Crippen LogP contribution in [0.5, 0.6) is 5.88 Å². The van der Waals surface area contributed by atoms with Crippen molar-refractivity contribution >= 4 is 27.7 Å². The van der Waals surface area contributed by atoms with Crippen LogP contribution in [0.1, 0.15) is 35.4 Å². The lowest BCUT2D eigenvalue weighted by molar-refractivity contribution is 0.0946. The monoisotopic (exact) mass is 419 g/mol. The van der Waals surface area contributed by atoms with Gasteiger partial charge in [0, 0.05) is 36.0 Å². The van der Waals surface area contributed by atoms with Crippen molar-refractivity contribution in [2.24, 2.45) is 0 Å². The summed E-state index contributed by atoms with van der Waals surface area (Å²) in [6.07, 6.45) is 6.82. The first-order chi connectivity index (χ1) is 12.6. The van der Waals surface area contributed by atoms with Crippen molar-refractivity contribution in [2.45, 2.75) is 26.2 Å². The topological polar surface area (TPSA) is 80.2 Å². The Hall–Kier alpha value is -2.22. The summed E-state index contributed by atoms with van der Waals surface area (Å²) in [6.45, 7) is 4.62. The first-order valence-electron chi connectivity index (χ1n) is 8.74. The summed E-state index contributed by atoms with van der Waals surface area (Å²) in [7, 11) is 0. The largest absolute Gasteiger partial charge is 0.476 e.